The van der Waals surface area contributed by atoms with Gasteiger partial charge in [-0.05, 0) is 54.5 Å². The first-order valence-electron chi connectivity index (χ1n) is 12.5. The predicted octanol–water partition coefficient (Wildman–Crippen LogP) is 9.10. The maximum atomic E-state index is 14.9. The molecule has 36 heavy (non-hydrogen) atoms. The van der Waals surface area contributed by atoms with Crippen LogP contribution in [-0.4, -0.2) is 6.61 Å². The van der Waals surface area contributed by atoms with Crippen LogP contribution < -0.4 is 4.74 Å². The average Bonchev–Trinajstić information content (AvgIpc) is 2.89. The molecule has 0 spiro atoms. The molecule has 0 aliphatic carbocycles. The average molecular weight is 489 g/mol. The number of hydrogen-bond donors (Lipinski definition) is 0. The maximum absolute atomic E-state index is 14.9. The van der Waals surface area contributed by atoms with Gasteiger partial charge >= 0.3 is 0 Å². The molecule has 4 aromatic carbocycles. The van der Waals surface area contributed by atoms with Crippen LogP contribution in [0.1, 0.15) is 42.9 Å². The molecular weight excluding hydrogens is 457 g/mol. The largest absolute Gasteiger partial charge is 0.493 e. The van der Waals surface area contributed by atoms with Crippen molar-refractivity contribution in [3.63, 3.8) is 0 Å². The summed E-state index contributed by atoms with van der Waals surface area (Å²) in [5.74, 6) is -1.43. The molecule has 0 unspecified atom stereocenters. The van der Waals surface area contributed by atoms with Gasteiger partial charge in [0, 0.05) is 17.2 Å². The van der Waals surface area contributed by atoms with Gasteiger partial charge in [-0.15, -0.1) is 0 Å². The van der Waals surface area contributed by atoms with Crippen LogP contribution in [0.5, 0.6) is 5.75 Å². The summed E-state index contributed by atoms with van der Waals surface area (Å²) in [4.78, 5) is 0. The molecule has 1 nitrogen and oxygen atoms in total. The van der Waals surface area contributed by atoms with Crippen molar-refractivity contribution in [2.24, 2.45) is 0 Å². The minimum absolute atomic E-state index is 0.218. The summed E-state index contributed by atoms with van der Waals surface area (Å²) in [6.07, 6.45) is 4.35. The summed E-state index contributed by atoms with van der Waals surface area (Å²) in [5, 5.41) is 0. The van der Waals surface area contributed by atoms with Gasteiger partial charge in [0.15, 0.2) is 11.6 Å². The van der Waals surface area contributed by atoms with Gasteiger partial charge in [-0.25, -0.2) is 13.2 Å². The number of unbranched alkanes of at least 4 members (excludes halogenated alkanes) is 2. The Morgan fingerprint density at radius 3 is 1.86 bits per heavy atom. The molecule has 0 fully saturated rings. The lowest BCUT2D eigenvalue weighted by atomic mass is 9.97. The van der Waals surface area contributed by atoms with E-state index < -0.39 is 11.6 Å². The molecule has 4 rings (SSSR count). The lowest BCUT2D eigenvalue weighted by Gasteiger charge is -2.11. The van der Waals surface area contributed by atoms with Crippen molar-refractivity contribution < 1.29 is 17.9 Å². The van der Waals surface area contributed by atoms with Crippen molar-refractivity contribution in [3.05, 3.63) is 113 Å². The van der Waals surface area contributed by atoms with Gasteiger partial charge in [-0.2, -0.15) is 0 Å². The van der Waals surface area contributed by atoms with E-state index in [4.69, 9.17) is 4.74 Å². The second-order valence-electron chi connectivity index (χ2n) is 9.16. The van der Waals surface area contributed by atoms with Crippen molar-refractivity contribution in [2.75, 3.05) is 6.61 Å². The van der Waals surface area contributed by atoms with Crippen molar-refractivity contribution in [1.29, 1.82) is 0 Å². The second-order valence-corrected chi connectivity index (χ2v) is 9.16. The molecule has 0 amide bonds. The van der Waals surface area contributed by atoms with Crippen molar-refractivity contribution in [1.82, 2.24) is 0 Å². The highest BCUT2D eigenvalue weighted by atomic mass is 19.2. The van der Waals surface area contributed by atoms with E-state index in [1.807, 2.05) is 37.3 Å². The Labute approximate surface area is 211 Å². The molecule has 0 saturated heterocycles. The molecule has 4 heteroatoms. The number of halogens is 3. The van der Waals surface area contributed by atoms with Gasteiger partial charge < -0.3 is 4.74 Å². The van der Waals surface area contributed by atoms with E-state index in [1.54, 1.807) is 42.5 Å². The molecular formula is C32H31F3O. The Bertz CT molecular complexity index is 1290. The van der Waals surface area contributed by atoms with Gasteiger partial charge in [0.1, 0.15) is 11.6 Å². The molecule has 186 valence electrons. The van der Waals surface area contributed by atoms with Crippen LogP contribution in [0.3, 0.4) is 0 Å². The molecule has 0 aliphatic heterocycles. The van der Waals surface area contributed by atoms with Crippen LogP contribution in [0.25, 0.3) is 22.3 Å². The summed E-state index contributed by atoms with van der Waals surface area (Å²) in [6, 6.07) is 22.9. The lowest BCUT2D eigenvalue weighted by Crippen LogP contribution is -2.00. The highest BCUT2D eigenvalue weighted by Crippen LogP contribution is 2.32. The number of benzene rings is 4. The first-order chi connectivity index (χ1) is 17.5. The van der Waals surface area contributed by atoms with E-state index >= 15 is 0 Å². The Hall–Kier alpha value is -3.53. The smallest absolute Gasteiger partial charge is 0.167 e. The maximum Gasteiger partial charge on any atom is 0.167 e. The molecule has 0 aromatic heterocycles. The van der Waals surface area contributed by atoms with Crippen LogP contribution in [0.4, 0.5) is 13.2 Å². The molecule has 0 atom stereocenters. The van der Waals surface area contributed by atoms with E-state index in [0.29, 0.717) is 41.9 Å². The van der Waals surface area contributed by atoms with Gasteiger partial charge in [0.25, 0.3) is 0 Å². The van der Waals surface area contributed by atoms with Crippen LogP contribution in [0.15, 0.2) is 78.9 Å². The molecule has 0 N–H and O–H groups in total. The highest BCUT2D eigenvalue weighted by molar-refractivity contribution is 5.72. The Kier molecular flexibility index (Phi) is 8.48. The first-order valence-corrected chi connectivity index (χ1v) is 12.5. The third-order valence-electron chi connectivity index (χ3n) is 6.43. The minimum atomic E-state index is -0.861. The van der Waals surface area contributed by atoms with Crippen molar-refractivity contribution in [3.8, 4) is 28.0 Å². The third kappa shape index (κ3) is 6.17. The fourth-order valence-corrected chi connectivity index (χ4v) is 4.22. The fraction of sp³-hybridized carbons (Fsp3) is 0.250. The van der Waals surface area contributed by atoms with Gasteiger partial charge in [-0.3, -0.25) is 0 Å². The fourth-order valence-electron chi connectivity index (χ4n) is 4.22. The SMILES string of the molecule is CCCCCOc1ccc(CCc2ccc(-c3ccc(-c4ccc(C)cc4)c(F)c3F)cc2)c(F)c1. The molecule has 0 aliphatic rings. The van der Waals surface area contributed by atoms with Crippen molar-refractivity contribution in [2.45, 2.75) is 46.0 Å². The summed E-state index contributed by atoms with van der Waals surface area (Å²) >= 11 is 0. The first kappa shape index (κ1) is 25.6. The molecule has 0 radical (unpaired) electrons. The highest BCUT2D eigenvalue weighted by Gasteiger charge is 2.16. The van der Waals surface area contributed by atoms with E-state index in [0.717, 1.165) is 30.4 Å². The number of ether oxygens (including phenoxy) is 1. The molecule has 0 saturated carbocycles. The second kappa shape index (κ2) is 11.9. The predicted molar refractivity (Wildman–Crippen MR) is 141 cm³/mol. The summed E-state index contributed by atoms with van der Waals surface area (Å²) in [7, 11) is 0. The number of aryl methyl sites for hydroxylation is 3. The summed E-state index contributed by atoms with van der Waals surface area (Å²) < 4.78 is 50.0. The van der Waals surface area contributed by atoms with E-state index in [-0.39, 0.29) is 16.9 Å². The van der Waals surface area contributed by atoms with Crippen molar-refractivity contribution >= 4 is 0 Å². The Balaban J connectivity index is 1.41. The van der Waals surface area contributed by atoms with E-state index in [9.17, 15) is 13.2 Å². The van der Waals surface area contributed by atoms with Crippen LogP contribution >= 0.6 is 0 Å². The minimum Gasteiger partial charge on any atom is -0.493 e. The number of rotatable bonds is 10. The standard InChI is InChI=1S/C32H31F3O/c1-3-4-5-20-36-27-17-16-26(30(33)21-27)15-10-23-8-13-25(14-9-23)29-19-18-28(31(34)32(29)35)24-11-6-22(2)7-12-24/h6-9,11-14,16-19,21H,3-5,10,15,20H2,1-2H3. The zero-order chi connectivity index (χ0) is 25.5. The summed E-state index contributed by atoms with van der Waals surface area (Å²) in [6.45, 7) is 4.67. The van der Waals surface area contributed by atoms with Gasteiger partial charge in [-0.1, -0.05) is 92.1 Å². The van der Waals surface area contributed by atoms with E-state index in [2.05, 4.69) is 6.92 Å². The lowest BCUT2D eigenvalue weighted by molar-refractivity contribution is 0.304. The Morgan fingerprint density at radius 2 is 1.28 bits per heavy atom. The Morgan fingerprint density at radius 1 is 0.667 bits per heavy atom. The monoisotopic (exact) mass is 488 g/mol. The number of hydrogen-bond acceptors (Lipinski definition) is 1. The normalized spacial score (nSPS) is 11.0. The molecule has 4 aromatic rings. The van der Waals surface area contributed by atoms with Crippen LogP contribution in [-0.2, 0) is 12.8 Å². The third-order valence-corrected chi connectivity index (χ3v) is 6.43. The van der Waals surface area contributed by atoms with E-state index in [1.165, 1.54) is 6.07 Å². The van der Waals surface area contributed by atoms with Crippen LogP contribution in [0, 0.1) is 24.4 Å². The van der Waals surface area contributed by atoms with Gasteiger partial charge in [0.05, 0.1) is 6.61 Å². The van der Waals surface area contributed by atoms with Crippen LogP contribution in [0.2, 0.25) is 0 Å². The molecule has 0 bridgehead atoms. The zero-order valence-electron chi connectivity index (χ0n) is 20.8. The zero-order valence-corrected chi connectivity index (χ0v) is 20.8. The topological polar surface area (TPSA) is 9.23 Å². The molecule has 0 heterocycles. The quantitative estimate of drug-likeness (QED) is 0.202. The van der Waals surface area contributed by atoms with Gasteiger partial charge in [0.2, 0.25) is 0 Å². The summed E-state index contributed by atoms with van der Waals surface area (Å²) in [5.41, 5.74) is 4.38.